The lowest BCUT2D eigenvalue weighted by molar-refractivity contribution is 0.531. The lowest BCUT2D eigenvalue weighted by Crippen LogP contribution is -2.19. The van der Waals surface area contributed by atoms with E-state index in [1.165, 1.54) is 6.07 Å². The number of aromatic nitrogens is 2. The molecule has 2 aromatic rings. The van der Waals surface area contributed by atoms with Crippen LogP contribution in [0.2, 0.25) is 0 Å². The molecule has 0 aliphatic rings. The molecular weight excluding hydrogens is 356 g/mol. The van der Waals surface area contributed by atoms with E-state index < -0.39 is 0 Å². The van der Waals surface area contributed by atoms with Crippen molar-refractivity contribution in [2.24, 2.45) is 7.05 Å². The number of halogens is 2. The molecule has 0 bridgehead atoms. The minimum Gasteiger partial charge on any atom is -0.338 e. The lowest BCUT2D eigenvalue weighted by atomic mass is 10.0. The number of rotatable bonds is 5. The third-order valence-corrected chi connectivity index (χ3v) is 4.20. The standard InChI is InChI=1S/C14H17FIN3/c1-17-13(5-6-14-18-7-8-19(14)2)11-4-3-10(15)9-12(11)16/h3-4,7-9,13,17H,5-6H2,1-2H3. The zero-order valence-corrected chi connectivity index (χ0v) is 13.2. The Labute approximate surface area is 126 Å². The fourth-order valence-corrected chi connectivity index (χ4v) is 3.00. The second-order valence-corrected chi connectivity index (χ2v) is 5.66. The molecule has 0 aliphatic carbocycles. The molecule has 3 nitrogen and oxygen atoms in total. The molecule has 5 heteroatoms. The van der Waals surface area contributed by atoms with Crippen molar-refractivity contribution in [3.8, 4) is 0 Å². The van der Waals surface area contributed by atoms with E-state index in [9.17, 15) is 4.39 Å². The highest BCUT2D eigenvalue weighted by Crippen LogP contribution is 2.24. The van der Waals surface area contributed by atoms with Gasteiger partial charge in [-0.05, 0) is 53.8 Å². The van der Waals surface area contributed by atoms with Crippen molar-refractivity contribution < 1.29 is 4.39 Å². The summed E-state index contributed by atoms with van der Waals surface area (Å²) in [7, 11) is 3.93. The normalized spacial score (nSPS) is 12.6. The van der Waals surface area contributed by atoms with Gasteiger partial charge in [0.15, 0.2) is 0 Å². The van der Waals surface area contributed by atoms with Gasteiger partial charge in [0.25, 0.3) is 0 Å². The summed E-state index contributed by atoms with van der Waals surface area (Å²) in [6, 6.07) is 5.16. The van der Waals surface area contributed by atoms with Crippen molar-refractivity contribution in [1.82, 2.24) is 14.9 Å². The summed E-state index contributed by atoms with van der Waals surface area (Å²) >= 11 is 2.18. The Morgan fingerprint density at radius 2 is 2.26 bits per heavy atom. The highest BCUT2D eigenvalue weighted by Gasteiger charge is 2.14. The maximum atomic E-state index is 13.1. The minimum absolute atomic E-state index is 0.188. The predicted molar refractivity (Wildman–Crippen MR) is 82.4 cm³/mol. The number of benzene rings is 1. The van der Waals surface area contributed by atoms with E-state index in [1.807, 2.05) is 37.1 Å². The van der Waals surface area contributed by atoms with Crippen molar-refractivity contribution in [3.05, 3.63) is 51.4 Å². The van der Waals surface area contributed by atoms with Gasteiger partial charge in [0.05, 0.1) is 0 Å². The molecule has 2 rings (SSSR count). The molecule has 1 aromatic carbocycles. The first-order valence-electron chi connectivity index (χ1n) is 6.20. The first-order chi connectivity index (χ1) is 9.11. The zero-order valence-electron chi connectivity index (χ0n) is 11.0. The number of hydrogen-bond donors (Lipinski definition) is 1. The van der Waals surface area contributed by atoms with Gasteiger partial charge in [-0.15, -0.1) is 0 Å². The molecule has 0 saturated heterocycles. The average Bonchev–Trinajstić information content (AvgIpc) is 2.78. The summed E-state index contributed by atoms with van der Waals surface area (Å²) in [4.78, 5) is 4.33. The number of aryl methyl sites for hydroxylation is 2. The third kappa shape index (κ3) is 3.54. The van der Waals surface area contributed by atoms with Gasteiger partial charge in [-0.2, -0.15) is 0 Å². The van der Waals surface area contributed by atoms with E-state index in [0.29, 0.717) is 0 Å². The van der Waals surface area contributed by atoms with Crippen molar-refractivity contribution in [2.75, 3.05) is 7.05 Å². The fraction of sp³-hybridized carbons (Fsp3) is 0.357. The Balaban J connectivity index is 2.10. The van der Waals surface area contributed by atoms with Gasteiger partial charge in [0.2, 0.25) is 0 Å². The van der Waals surface area contributed by atoms with Crippen molar-refractivity contribution in [2.45, 2.75) is 18.9 Å². The number of nitrogens with one attached hydrogen (secondary N) is 1. The zero-order chi connectivity index (χ0) is 13.8. The van der Waals surface area contributed by atoms with Gasteiger partial charge < -0.3 is 9.88 Å². The van der Waals surface area contributed by atoms with Crippen molar-refractivity contribution in [1.29, 1.82) is 0 Å². The summed E-state index contributed by atoms with van der Waals surface area (Å²) in [5.74, 6) is 0.879. The molecule has 0 saturated carbocycles. The second kappa shape index (κ2) is 6.47. The van der Waals surface area contributed by atoms with Crippen LogP contribution in [0.15, 0.2) is 30.6 Å². The fourth-order valence-electron chi connectivity index (χ4n) is 2.15. The molecular formula is C14H17FIN3. The number of imidazole rings is 1. The molecule has 0 fully saturated rings. The lowest BCUT2D eigenvalue weighted by Gasteiger charge is -2.18. The van der Waals surface area contributed by atoms with Crippen LogP contribution in [0.4, 0.5) is 4.39 Å². The highest BCUT2D eigenvalue weighted by atomic mass is 127. The smallest absolute Gasteiger partial charge is 0.124 e. The Kier molecular flexibility index (Phi) is 4.93. The molecule has 0 aliphatic heterocycles. The van der Waals surface area contributed by atoms with Crippen LogP contribution in [0.5, 0.6) is 0 Å². The van der Waals surface area contributed by atoms with Crippen LogP contribution in [0.1, 0.15) is 23.9 Å². The Bertz CT molecular complexity index is 553. The summed E-state index contributed by atoms with van der Waals surface area (Å²) in [5, 5.41) is 3.30. The molecule has 1 unspecified atom stereocenters. The molecule has 19 heavy (non-hydrogen) atoms. The largest absolute Gasteiger partial charge is 0.338 e. The SMILES string of the molecule is CNC(CCc1nccn1C)c1ccc(F)cc1I. The summed E-state index contributed by atoms with van der Waals surface area (Å²) in [6.45, 7) is 0. The Morgan fingerprint density at radius 3 is 2.84 bits per heavy atom. The Hall–Kier alpha value is -0.950. The van der Waals surface area contributed by atoms with E-state index in [-0.39, 0.29) is 11.9 Å². The van der Waals surface area contributed by atoms with Crippen LogP contribution in [0.3, 0.4) is 0 Å². The molecule has 1 N–H and O–H groups in total. The first kappa shape index (κ1) is 14.5. The molecule has 0 spiro atoms. The van der Waals surface area contributed by atoms with Crippen LogP contribution in [-0.4, -0.2) is 16.6 Å². The number of nitrogens with zero attached hydrogens (tertiary/aromatic N) is 2. The minimum atomic E-state index is -0.188. The van der Waals surface area contributed by atoms with Crippen molar-refractivity contribution in [3.63, 3.8) is 0 Å². The van der Waals surface area contributed by atoms with Crippen LogP contribution in [0.25, 0.3) is 0 Å². The van der Waals surface area contributed by atoms with Gasteiger partial charge in [-0.25, -0.2) is 9.37 Å². The van der Waals surface area contributed by atoms with Gasteiger partial charge in [-0.1, -0.05) is 6.07 Å². The maximum Gasteiger partial charge on any atom is 0.124 e. The van der Waals surface area contributed by atoms with Crippen LogP contribution in [0, 0.1) is 9.39 Å². The molecule has 0 radical (unpaired) electrons. The molecule has 0 amide bonds. The quantitative estimate of drug-likeness (QED) is 0.817. The monoisotopic (exact) mass is 373 g/mol. The van der Waals surface area contributed by atoms with E-state index in [1.54, 1.807) is 6.07 Å². The number of hydrogen-bond acceptors (Lipinski definition) is 2. The van der Waals surface area contributed by atoms with E-state index in [2.05, 4.69) is 32.9 Å². The van der Waals surface area contributed by atoms with Gasteiger partial charge in [0.1, 0.15) is 11.6 Å². The summed E-state index contributed by atoms with van der Waals surface area (Å²) in [6.07, 6.45) is 5.59. The van der Waals surface area contributed by atoms with Crippen molar-refractivity contribution >= 4 is 22.6 Å². The van der Waals surface area contributed by atoms with Gasteiger partial charge in [0, 0.05) is 35.5 Å². The summed E-state index contributed by atoms with van der Waals surface area (Å²) in [5.41, 5.74) is 1.14. The first-order valence-corrected chi connectivity index (χ1v) is 7.28. The average molecular weight is 373 g/mol. The van der Waals surface area contributed by atoms with Crippen LogP contribution < -0.4 is 5.32 Å². The third-order valence-electron chi connectivity index (χ3n) is 3.26. The topological polar surface area (TPSA) is 29.9 Å². The highest BCUT2D eigenvalue weighted by molar-refractivity contribution is 14.1. The van der Waals surface area contributed by atoms with E-state index in [4.69, 9.17) is 0 Å². The van der Waals surface area contributed by atoms with Crippen LogP contribution in [-0.2, 0) is 13.5 Å². The van der Waals surface area contributed by atoms with Gasteiger partial charge in [-0.3, -0.25) is 0 Å². The van der Waals surface area contributed by atoms with E-state index in [0.717, 1.165) is 27.8 Å². The molecule has 1 atom stereocenters. The Morgan fingerprint density at radius 1 is 1.47 bits per heavy atom. The second-order valence-electron chi connectivity index (χ2n) is 4.50. The van der Waals surface area contributed by atoms with Gasteiger partial charge >= 0.3 is 0 Å². The van der Waals surface area contributed by atoms with E-state index >= 15 is 0 Å². The maximum absolute atomic E-state index is 13.1. The predicted octanol–water partition coefficient (Wildman–Crippen LogP) is 3.06. The van der Waals surface area contributed by atoms with Crippen LogP contribution >= 0.6 is 22.6 Å². The molecule has 102 valence electrons. The molecule has 1 aromatic heterocycles. The summed E-state index contributed by atoms with van der Waals surface area (Å²) < 4.78 is 16.1. The molecule has 1 heterocycles.